The van der Waals surface area contributed by atoms with Crippen LogP contribution in [-0.2, 0) is 4.89 Å². The number of hydrogen-bond acceptors (Lipinski definition) is 3. The van der Waals surface area contributed by atoms with Crippen molar-refractivity contribution in [2.75, 3.05) is 0 Å². The molecule has 0 radical (unpaired) electrons. The first-order valence-electron chi connectivity index (χ1n) is 5.25. The van der Waals surface area contributed by atoms with Crippen LogP contribution in [0, 0.1) is 11.8 Å². The van der Waals surface area contributed by atoms with Gasteiger partial charge in [0.1, 0.15) is 5.60 Å². The number of rotatable bonds is 1. The predicted molar refractivity (Wildman–Crippen MR) is 48.0 cm³/mol. The van der Waals surface area contributed by atoms with Gasteiger partial charge in [0.25, 0.3) is 0 Å². The van der Waals surface area contributed by atoms with E-state index < -0.39 is 0 Å². The van der Waals surface area contributed by atoms with Crippen LogP contribution in [-0.4, -0.2) is 16.4 Å². The molecule has 0 spiro atoms. The summed E-state index contributed by atoms with van der Waals surface area (Å²) in [7, 11) is 0. The maximum Gasteiger partial charge on any atom is 0.106 e. The molecule has 0 heterocycles. The topological polar surface area (TPSA) is 55.5 Å². The molecule has 3 nitrogen and oxygen atoms in total. The van der Waals surface area contributed by atoms with Crippen LogP contribution in [0.25, 0.3) is 0 Å². The summed E-state index contributed by atoms with van der Waals surface area (Å²) in [6.45, 7) is 0. The van der Waals surface area contributed by atoms with Crippen LogP contribution in [0.1, 0.15) is 38.5 Å². The lowest BCUT2D eigenvalue weighted by Gasteiger charge is -2.59. The summed E-state index contributed by atoms with van der Waals surface area (Å²) in [5, 5.41) is 8.99. The summed E-state index contributed by atoms with van der Waals surface area (Å²) in [5.74, 6) is 1.41. The van der Waals surface area contributed by atoms with E-state index in [9.17, 15) is 0 Å². The van der Waals surface area contributed by atoms with Gasteiger partial charge < -0.3 is 5.73 Å². The normalized spacial score (nSPS) is 58.6. The predicted octanol–water partition coefficient (Wildman–Crippen LogP) is 1.53. The van der Waals surface area contributed by atoms with E-state index in [1.807, 2.05) is 0 Å². The van der Waals surface area contributed by atoms with Crippen molar-refractivity contribution in [2.45, 2.75) is 49.7 Å². The van der Waals surface area contributed by atoms with Gasteiger partial charge in [-0.15, -0.1) is 0 Å². The zero-order valence-electron chi connectivity index (χ0n) is 7.83. The van der Waals surface area contributed by atoms with Crippen molar-refractivity contribution >= 4 is 0 Å². The second kappa shape index (κ2) is 2.27. The molecule has 0 saturated heterocycles. The average molecular weight is 183 g/mol. The summed E-state index contributed by atoms with van der Waals surface area (Å²) in [6.07, 6.45) is 6.52. The van der Waals surface area contributed by atoms with Crippen molar-refractivity contribution in [1.29, 1.82) is 0 Å². The third-order valence-electron chi connectivity index (χ3n) is 4.25. The third kappa shape index (κ3) is 1.07. The van der Waals surface area contributed by atoms with E-state index in [0.717, 1.165) is 32.1 Å². The first kappa shape index (κ1) is 8.21. The van der Waals surface area contributed by atoms with Crippen molar-refractivity contribution in [3.63, 3.8) is 0 Å². The van der Waals surface area contributed by atoms with E-state index in [-0.39, 0.29) is 11.1 Å². The zero-order valence-corrected chi connectivity index (χ0v) is 7.83. The van der Waals surface area contributed by atoms with Crippen molar-refractivity contribution in [3.8, 4) is 0 Å². The highest BCUT2D eigenvalue weighted by Gasteiger charge is 2.57. The summed E-state index contributed by atoms with van der Waals surface area (Å²) >= 11 is 0. The molecule has 4 rings (SSSR count). The van der Waals surface area contributed by atoms with Gasteiger partial charge in [0.2, 0.25) is 0 Å². The van der Waals surface area contributed by atoms with Crippen LogP contribution in [0.15, 0.2) is 0 Å². The Morgan fingerprint density at radius 1 is 1.15 bits per heavy atom. The average Bonchev–Trinajstić information content (AvgIpc) is 1.99. The summed E-state index contributed by atoms with van der Waals surface area (Å²) < 4.78 is 0. The van der Waals surface area contributed by atoms with Crippen LogP contribution < -0.4 is 5.73 Å². The van der Waals surface area contributed by atoms with Gasteiger partial charge in [0, 0.05) is 5.54 Å². The summed E-state index contributed by atoms with van der Waals surface area (Å²) in [4.78, 5) is 4.74. The van der Waals surface area contributed by atoms with E-state index >= 15 is 0 Å². The van der Waals surface area contributed by atoms with E-state index in [4.69, 9.17) is 15.9 Å². The molecular weight excluding hydrogens is 166 g/mol. The molecule has 0 aromatic heterocycles. The van der Waals surface area contributed by atoms with Gasteiger partial charge in [-0.25, -0.2) is 4.89 Å². The van der Waals surface area contributed by atoms with Crippen LogP contribution in [0.3, 0.4) is 0 Å². The SMILES string of the molecule is NC12CC3CC(C1)CC(OO)(C3)C2. The fourth-order valence-electron chi connectivity index (χ4n) is 4.35. The molecule has 4 bridgehead atoms. The molecule has 2 atom stereocenters. The van der Waals surface area contributed by atoms with Gasteiger partial charge in [-0.3, -0.25) is 5.26 Å². The summed E-state index contributed by atoms with van der Waals surface area (Å²) in [6, 6.07) is 0. The Balaban J connectivity index is 1.95. The monoisotopic (exact) mass is 183 g/mol. The maximum atomic E-state index is 8.99. The summed E-state index contributed by atoms with van der Waals surface area (Å²) in [5.41, 5.74) is 6.00. The van der Waals surface area contributed by atoms with Gasteiger partial charge in [0.05, 0.1) is 0 Å². The van der Waals surface area contributed by atoms with Crippen molar-refractivity contribution in [1.82, 2.24) is 0 Å². The van der Waals surface area contributed by atoms with Crippen molar-refractivity contribution in [3.05, 3.63) is 0 Å². The van der Waals surface area contributed by atoms with E-state index in [2.05, 4.69) is 0 Å². The molecule has 0 aromatic carbocycles. The molecule has 0 amide bonds. The Hall–Kier alpha value is -0.120. The highest BCUT2D eigenvalue weighted by atomic mass is 17.1. The largest absolute Gasteiger partial charge is 0.325 e. The molecule has 13 heavy (non-hydrogen) atoms. The lowest BCUT2D eigenvalue weighted by Crippen LogP contribution is -2.63. The Morgan fingerprint density at radius 2 is 1.77 bits per heavy atom. The van der Waals surface area contributed by atoms with Gasteiger partial charge in [-0.05, 0) is 50.4 Å². The Kier molecular flexibility index (Phi) is 1.43. The molecule has 0 aliphatic heterocycles. The third-order valence-corrected chi connectivity index (χ3v) is 4.25. The number of nitrogens with two attached hydrogens (primary N) is 1. The Bertz CT molecular complexity index is 227. The van der Waals surface area contributed by atoms with Crippen LogP contribution in [0.5, 0.6) is 0 Å². The second-order valence-corrected chi connectivity index (χ2v) is 5.60. The van der Waals surface area contributed by atoms with Gasteiger partial charge in [-0.1, -0.05) is 0 Å². The minimum Gasteiger partial charge on any atom is -0.325 e. The molecule has 74 valence electrons. The fraction of sp³-hybridized carbons (Fsp3) is 1.00. The standard InChI is InChI=1S/C10H17NO2/c11-9-2-7-1-8(3-9)5-10(4-7,6-9)13-12/h7-8,12H,1-6,11H2. The molecule has 4 aliphatic carbocycles. The quantitative estimate of drug-likeness (QED) is 0.478. The highest BCUT2D eigenvalue weighted by Crippen LogP contribution is 2.57. The minimum absolute atomic E-state index is 0.0210. The highest BCUT2D eigenvalue weighted by molar-refractivity contribution is 5.11. The van der Waals surface area contributed by atoms with Crippen LogP contribution in [0.2, 0.25) is 0 Å². The van der Waals surface area contributed by atoms with Gasteiger partial charge >= 0.3 is 0 Å². The van der Waals surface area contributed by atoms with Gasteiger partial charge in [-0.2, -0.15) is 0 Å². The molecule has 3 heteroatoms. The molecule has 0 aromatic rings. The lowest BCUT2D eigenvalue weighted by atomic mass is 9.51. The first-order chi connectivity index (χ1) is 6.13. The van der Waals surface area contributed by atoms with Crippen LogP contribution in [0.4, 0.5) is 0 Å². The van der Waals surface area contributed by atoms with E-state index in [1.54, 1.807) is 0 Å². The number of hydrogen-bond donors (Lipinski definition) is 2. The maximum absolute atomic E-state index is 8.99. The van der Waals surface area contributed by atoms with E-state index in [0.29, 0.717) is 11.8 Å². The molecule has 2 unspecified atom stereocenters. The van der Waals surface area contributed by atoms with E-state index in [1.165, 1.54) is 6.42 Å². The lowest BCUT2D eigenvalue weighted by molar-refractivity contribution is -0.357. The zero-order chi connectivity index (χ0) is 9.10. The second-order valence-electron chi connectivity index (χ2n) is 5.60. The smallest absolute Gasteiger partial charge is 0.106 e. The molecule has 3 N–H and O–H groups in total. The van der Waals surface area contributed by atoms with Crippen molar-refractivity contribution < 1.29 is 10.1 Å². The van der Waals surface area contributed by atoms with Crippen molar-refractivity contribution in [2.24, 2.45) is 17.6 Å². The fourth-order valence-corrected chi connectivity index (χ4v) is 4.35. The molecular formula is C10H17NO2. The molecule has 4 saturated carbocycles. The Morgan fingerprint density at radius 3 is 2.23 bits per heavy atom. The van der Waals surface area contributed by atoms with Gasteiger partial charge in [0.15, 0.2) is 0 Å². The Labute approximate surface area is 78.2 Å². The van der Waals surface area contributed by atoms with Crippen LogP contribution >= 0.6 is 0 Å². The minimum atomic E-state index is -0.265. The molecule has 4 aliphatic rings. The first-order valence-corrected chi connectivity index (χ1v) is 5.25. The molecule has 4 fully saturated rings.